The Kier molecular flexibility index (Phi) is 7.55. The standard InChI is InChI=1S/C17H28O/c1-3-5-6-7-8-12-15(11-4-2)16-13-9-10-14-17(16)18/h9-10,13-15,18H,3-8,11-12H2,1-2H3. The van der Waals surface area contributed by atoms with Crippen molar-refractivity contribution in [2.45, 2.75) is 71.1 Å². The van der Waals surface area contributed by atoms with Crippen molar-refractivity contribution in [3.63, 3.8) is 0 Å². The number of benzene rings is 1. The summed E-state index contributed by atoms with van der Waals surface area (Å²) in [6.07, 6.45) is 10.2. The fourth-order valence-corrected chi connectivity index (χ4v) is 2.63. The van der Waals surface area contributed by atoms with Crippen LogP contribution < -0.4 is 0 Å². The lowest BCUT2D eigenvalue weighted by Gasteiger charge is -2.17. The van der Waals surface area contributed by atoms with E-state index in [0.717, 1.165) is 5.56 Å². The smallest absolute Gasteiger partial charge is 0.119 e. The zero-order valence-electron chi connectivity index (χ0n) is 12.0. The molecule has 1 aromatic carbocycles. The van der Waals surface area contributed by atoms with Crippen LogP contribution in [0.15, 0.2) is 24.3 Å². The minimum atomic E-state index is 0.476. The van der Waals surface area contributed by atoms with Crippen LogP contribution in [0.5, 0.6) is 5.75 Å². The van der Waals surface area contributed by atoms with Crippen molar-refractivity contribution in [3.05, 3.63) is 29.8 Å². The Morgan fingerprint density at radius 3 is 2.28 bits per heavy atom. The number of phenolic OH excluding ortho intramolecular Hbond substituents is 1. The van der Waals surface area contributed by atoms with Gasteiger partial charge in [-0.1, -0.05) is 70.6 Å². The van der Waals surface area contributed by atoms with Crippen molar-refractivity contribution in [1.29, 1.82) is 0 Å². The first-order chi connectivity index (χ1) is 8.79. The fraction of sp³-hybridized carbons (Fsp3) is 0.647. The van der Waals surface area contributed by atoms with Gasteiger partial charge < -0.3 is 5.11 Å². The van der Waals surface area contributed by atoms with Gasteiger partial charge in [0.15, 0.2) is 0 Å². The third-order valence-electron chi connectivity index (χ3n) is 3.67. The van der Waals surface area contributed by atoms with Crippen LogP contribution >= 0.6 is 0 Å². The van der Waals surface area contributed by atoms with E-state index in [4.69, 9.17) is 0 Å². The topological polar surface area (TPSA) is 20.2 Å². The first-order valence-electron chi connectivity index (χ1n) is 7.57. The van der Waals surface area contributed by atoms with Crippen molar-refractivity contribution in [1.82, 2.24) is 0 Å². The van der Waals surface area contributed by atoms with E-state index < -0.39 is 0 Å². The molecule has 0 spiro atoms. The van der Waals surface area contributed by atoms with E-state index in [-0.39, 0.29) is 0 Å². The summed E-state index contributed by atoms with van der Waals surface area (Å²) in [5.74, 6) is 1.02. The summed E-state index contributed by atoms with van der Waals surface area (Å²) in [4.78, 5) is 0. The van der Waals surface area contributed by atoms with Gasteiger partial charge in [-0.25, -0.2) is 0 Å². The summed E-state index contributed by atoms with van der Waals surface area (Å²) in [5, 5.41) is 9.95. The molecule has 0 fully saturated rings. The Bertz CT molecular complexity index is 319. The van der Waals surface area contributed by atoms with Crippen LogP contribution in [0.4, 0.5) is 0 Å². The van der Waals surface area contributed by atoms with Crippen molar-refractivity contribution >= 4 is 0 Å². The van der Waals surface area contributed by atoms with E-state index in [1.165, 1.54) is 51.4 Å². The summed E-state index contributed by atoms with van der Waals surface area (Å²) in [7, 11) is 0. The lowest BCUT2D eigenvalue weighted by Crippen LogP contribution is -1.99. The first kappa shape index (κ1) is 15.1. The minimum Gasteiger partial charge on any atom is -0.508 e. The zero-order valence-corrected chi connectivity index (χ0v) is 12.0. The number of unbranched alkanes of at least 4 members (excludes halogenated alkanes) is 4. The number of rotatable bonds is 9. The molecule has 0 aromatic heterocycles. The van der Waals surface area contributed by atoms with Crippen LogP contribution in [0, 0.1) is 0 Å². The van der Waals surface area contributed by atoms with Gasteiger partial charge in [-0.15, -0.1) is 0 Å². The van der Waals surface area contributed by atoms with Crippen LogP contribution in [-0.4, -0.2) is 5.11 Å². The van der Waals surface area contributed by atoms with E-state index in [1.54, 1.807) is 0 Å². The second kappa shape index (κ2) is 9.02. The van der Waals surface area contributed by atoms with Crippen LogP contribution in [0.3, 0.4) is 0 Å². The largest absolute Gasteiger partial charge is 0.508 e. The molecule has 0 aliphatic carbocycles. The van der Waals surface area contributed by atoms with Crippen LogP contribution in [0.25, 0.3) is 0 Å². The molecule has 0 radical (unpaired) electrons. The average molecular weight is 248 g/mol. The summed E-state index contributed by atoms with van der Waals surface area (Å²) in [6, 6.07) is 7.84. The van der Waals surface area contributed by atoms with Gasteiger partial charge in [0.1, 0.15) is 5.75 Å². The Morgan fingerprint density at radius 2 is 1.61 bits per heavy atom. The molecule has 0 heterocycles. The maximum absolute atomic E-state index is 9.95. The molecule has 1 heteroatoms. The lowest BCUT2D eigenvalue weighted by molar-refractivity contribution is 0.445. The molecule has 0 aliphatic heterocycles. The molecule has 102 valence electrons. The monoisotopic (exact) mass is 248 g/mol. The number of aromatic hydroxyl groups is 1. The Balaban J connectivity index is 2.47. The minimum absolute atomic E-state index is 0.476. The van der Waals surface area contributed by atoms with Gasteiger partial charge in [-0.05, 0) is 30.4 Å². The lowest BCUT2D eigenvalue weighted by atomic mass is 9.88. The van der Waals surface area contributed by atoms with Gasteiger partial charge in [0.2, 0.25) is 0 Å². The first-order valence-corrected chi connectivity index (χ1v) is 7.57. The normalized spacial score (nSPS) is 12.6. The van der Waals surface area contributed by atoms with Crippen LogP contribution in [0.2, 0.25) is 0 Å². The zero-order chi connectivity index (χ0) is 13.2. The quantitative estimate of drug-likeness (QED) is 0.561. The number of hydrogen-bond donors (Lipinski definition) is 1. The molecule has 1 N–H and O–H groups in total. The van der Waals surface area contributed by atoms with Gasteiger partial charge in [0, 0.05) is 0 Å². The van der Waals surface area contributed by atoms with E-state index in [9.17, 15) is 5.11 Å². The van der Waals surface area contributed by atoms with E-state index in [2.05, 4.69) is 19.9 Å². The molecule has 0 saturated heterocycles. The van der Waals surface area contributed by atoms with Gasteiger partial charge >= 0.3 is 0 Å². The van der Waals surface area contributed by atoms with Crippen molar-refractivity contribution in [3.8, 4) is 5.75 Å². The van der Waals surface area contributed by atoms with E-state index in [1.807, 2.05) is 18.2 Å². The second-order valence-corrected chi connectivity index (χ2v) is 5.25. The predicted octanol–water partition coefficient (Wildman–Crippen LogP) is 5.64. The van der Waals surface area contributed by atoms with Crippen LogP contribution in [-0.2, 0) is 0 Å². The van der Waals surface area contributed by atoms with Gasteiger partial charge in [0.05, 0.1) is 0 Å². The number of para-hydroxylation sites is 1. The molecule has 1 aromatic rings. The molecule has 18 heavy (non-hydrogen) atoms. The highest BCUT2D eigenvalue weighted by atomic mass is 16.3. The van der Waals surface area contributed by atoms with Crippen molar-refractivity contribution < 1.29 is 5.11 Å². The van der Waals surface area contributed by atoms with Crippen molar-refractivity contribution in [2.24, 2.45) is 0 Å². The third kappa shape index (κ3) is 5.12. The predicted molar refractivity (Wildman–Crippen MR) is 79.1 cm³/mol. The summed E-state index contributed by atoms with van der Waals surface area (Å²) in [6.45, 7) is 4.48. The molecule has 1 nitrogen and oxygen atoms in total. The van der Waals surface area contributed by atoms with Gasteiger partial charge in [-0.2, -0.15) is 0 Å². The Morgan fingerprint density at radius 1 is 0.889 bits per heavy atom. The molecular weight excluding hydrogens is 220 g/mol. The van der Waals surface area contributed by atoms with Crippen LogP contribution in [0.1, 0.15) is 76.7 Å². The maximum Gasteiger partial charge on any atom is 0.119 e. The maximum atomic E-state index is 9.95. The van der Waals surface area contributed by atoms with Crippen molar-refractivity contribution in [2.75, 3.05) is 0 Å². The summed E-state index contributed by atoms with van der Waals surface area (Å²) in [5.41, 5.74) is 1.15. The second-order valence-electron chi connectivity index (χ2n) is 5.25. The average Bonchev–Trinajstić information content (AvgIpc) is 2.38. The molecule has 1 rings (SSSR count). The number of hydrogen-bond acceptors (Lipinski definition) is 1. The fourth-order valence-electron chi connectivity index (χ4n) is 2.63. The molecular formula is C17H28O. The molecule has 1 unspecified atom stereocenters. The highest BCUT2D eigenvalue weighted by Crippen LogP contribution is 2.33. The Hall–Kier alpha value is -0.980. The highest BCUT2D eigenvalue weighted by Gasteiger charge is 2.13. The van der Waals surface area contributed by atoms with E-state index >= 15 is 0 Å². The molecule has 0 aliphatic rings. The van der Waals surface area contributed by atoms with E-state index in [0.29, 0.717) is 11.7 Å². The Labute approximate surface area is 112 Å². The molecule has 0 bridgehead atoms. The molecule has 0 amide bonds. The number of phenols is 1. The van der Waals surface area contributed by atoms with Gasteiger partial charge in [-0.3, -0.25) is 0 Å². The SMILES string of the molecule is CCCCCCCC(CCC)c1ccccc1O. The third-order valence-corrected chi connectivity index (χ3v) is 3.67. The highest BCUT2D eigenvalue weighted by molar-refractivity contribution is 5.34. The van der Waals surface area contributed by atoms with Gasteiger partial charge in [0.25, 0.3) is 0 Å². The summed E-state index contributed by atoms with van der Waals surface area (Å²) < 4.78 is 0. The molecule has 1 atom stereocenters. The summed E-state index contributed by atoms with van der Waals surface area (Å²) >= 11 is 0. The molecule has 0 saturated carbocycles.